The van der Waals surface area contributed by atoms with E-state index in [4.69, 9.17) is 4.74 Å². The van der Waals surface area contributed by atoms with Gasteiger partial charge in [-0.3, -0.25) is 24.1 Å². The second-order valence-corrected chi connectivity index (χ2v) is 22.1. The highest BCUT2D eigenvalue weighted by Gasteiger charge is 2.71. The van der Waals surface area contributed by atoms with Crippen LogP contribution in [0, 0.1) is 62.1 Å². The summed E-state index contributed by atoms with van der Waals surface area (Å²) < 4.78 is 6.19. The number of rotatable bonds is 13. The fourth-order valence-corrected chi connectivity index (χ4v) is 14.1. The molecular weight excluding hydrogens is 705 g/mol. The first-order valence-electron chi connectivity index (χ1n) is 22.3. The van der Waals surface area contributed by atoms with Crippen molar-refractivity contribution in [2.75, 3.05) is 33.2 Å². The van der Waals surface area contributed by atoms with Gasteiger partial charge in [-0.25, -0.2) is 0 Å². The van der Waals surface area contributed by atoms with Gasteiger partial charge in [-0.15, -0.1) is 0 Å². The summed E-state index contributed by atoms with van der Waals surface area (Å²) >= 11 is 0. The Morgan fingerprint density at radius 3 is 2.16 bits per heavy atom. The molecule has 0 radical (unpaired) electrons. The standard InChI is InChI=1S/C47H76N2O7/c1-29(2)39-33(51)25-47(36(52)28-49(27-31-13-12-14-31)24-23-48(11)30(3)50)22-21-45(9)32(40(39)47)15-16-35-44(8)19-18-37(56-38(53)26-42(4,5)41(54)55)43(6,7)34(44)17-20-46(35,45)10/h29,31-32,34-37,52H,12-28H2,1-11H3,(H,54,55)/t32-,34?,35-,36+,37+,44+,45-,46-,47+/m1/s1. The minimum absolute atomic E-state index is 0.0289. The van der Waals surface area contributed by atoms with Crippen LogP contribution in [0.25, 0.3) is 0 Å². The molecular formula is C47H76N2O7. The summed E-state index contributed by atoms with van der Waals surface area (Å²) in [6, 6.07) is 0. The van der Waals surface area contributed by atoms with Crippen LogP contribution < -0.4 is 0 Å². The highest BCUT2D eigenvalue weighted by atomic mass is 16.5. The third kappa shape index (κ3) is 7.02. The summed E-state index contributed by atoms with van der Waals surface area (Å²) in [7, 11) is 1.85. The Morgan fingerprint density at radius 2 is 1.57 bits per heavy atom. The lowest BCUT2D eigenvalue weighted by atomic mass is 9.33. The number of carboxylic acids is 1. The molecule has 6 rings (SSSR count). The molecule has 0 saturated heterocycles. The number of esters is 1. The highest BCUT2D eigenvalue weighted by molar-refractivity contribution is 6.00. The molecule has 56 heavy (non-hydrogen) atoms. The van der Waals surface area contributed by atoms with Crippen LogP contribution in [-0.4, -0.2) is 89.1 Å². The second kappa shape index (κ2) is 15.1. The van der Waals surface area contributed by atoms with Crippen LogP contribution in [0.2, 0.25) is 0 Å². The van der Waals surface area contributed by atoms with Gasteiger partial charge >= 0.3 is 11.9 Å². The number of allylic oxidation sites excluding steroid dienone is 1. The molecule has 5 fully saturated rings. The van der Waals surface area contributed by atoms with Crippen molar-refractivity contribution in [3.05, 3.63) is 11.1 Å². The zero-order chi connectivity index (χ0) is 41.4. The van der Waals surface area contributed by atoms with Crippen LogP contribution >= 0.6 is 0 Å². The van der Waals surface area contributed by atoms with E-state index in [1.807, 2.05) is 7.05 Å². The molecule has 6 aliphatic carbocycles. The number of carbonyl (C=O) groups is 4. The van der Waals surface area contributed by atoms with E-state index in [-0.39, 0.29) is 57.7 Å². The third-order valence-electron chi connectivity index (χ3n) is 18.0. The molecule has 1 unspecified atom stereocenters. The number of carboxylic acid groups (broad SMARTS) is 1. The SMILES string of the molecule is CC(=O)N(C)CCN(CC1CCC1)C[C@H](O)[C@@]12CC[C@]3(C)[C@H](CC[C@@H]4[C@@]5(C)CC[C@H](OC(=O)CC(C)(C)C(=O)O)C(C)(C)C5CC[C@]43C)C1=C(C(C)C)C(=O)C2. The average molecular weight is 781 g/mol. The smallest absolute Gasteiger partial charge is 0.309 e. The van der Waals surface area contributed by atoms with Crippen molar-refractivity contribution in [3.63, 3.8) is 0 Å². The van der Waals surface area contributed by atoms with Crippen molar-refractivity contribution >= 4 is 23.6 Å². The fraction of sp³-hybridized carbons (Fsp3) is 0.872. The minimum Gasteiger partial charge on any atom is -0.481 e. The Bertz CT molecular complexity index is 1600. The molecule has 1 amide bonds. The molecule has 5 saturated carbocycles. The monoisotopic (exact) mass is 781 g/mol. The molecule has 9 nitrogen and oxygen atoms in total. The van der Waals surface area contributed by atoms with Crippen molar-refractivity contribution in [2.45, 2.75) is 165 Å². The Labute approximate surface area is 338 Å². The second-order valence-electron chi connectivity index (χ2n) is 22.1. The number of aliphatic hydroxyl groups is 1. The number of ketones is 1. The Hall–Kier alpha value is -2.26. The average Bonchev–Trinajstić information content (AvgIpc) is 3.39. The van der Waals surface area contributed by atoms with Gasteiger partial charge in [-0.05, 0) is 129 Å². The van der Waals surface area contributed by atoms with E-state index >= 15 is 0 Å². The zero-order valence-electron chi connectivity index (χ0n) is 36.9. The lowest BCUT2D eigenvalue weighted by molar-refractivity contribution is -0.235. The predicted molar refractivity (Wildman–Crippen MR) is 218 cm³/mol. The maximum absolute atomic E-state index is 14.3. The van der Waals surface area contributed by atoms with Gasteiger partial charge in [-0.2, -0.15) is 0 Å². The maximum atomic E-state index is 14.3. The number of Topliss-reactive ketones (excluding diaryl/α,β-unsaturated/α-hetero) is 1. The van der Waals surface area contributed by atoms with Crippen molar-refractivity contribution in [1.29, 1.82) is 0 Å². The summed E-state index contributed by atoms with van der Waals surface area (Å²) in [4.78, 5) is 55.5. The van der Waals surface area contributed by atoms with Gasteiger partial charge in [0.2, 0.25) is 5.91 Å². The van der Waals surface area contributed by atoms with E-state index in [1.54, 1.807) is 25.7 Å². The molecule has 0 aliphatic heterocycles. The van der Waals surface area contributed by atoms with Gasteiger partial charge in [-0.1, -0.05) is 60.5 Å². The quantitative estimate of drug-likeness (QED) is 0.179. The molecule has 0 aromatic rings. The van der Waals surface area contributed by atoms with Crippen LogP contribution in [-0.2, 0) is 23.9 Å². The van der Waals surface area contributed by atoms with Gasteiger partial charge in [0.15, 0.2) is 5.78 Å². The number of hydrogen-bond acceptors (Lipinski definition) is 7. The van der Waals surface area contributed by atoms with Crippen molar-refractivity contribution < 1.29 is 34.1 Å². The number of ether oxygens (including phenoxy) is 1. The molecule has 0 aromatic carbocycles. The first kappa shape index (κ1) is 43.3. The lowest BCUT2D eigenvalue weighted by Crippen LogP contribution is -2.66. The van der Waals surface area contributed by atoms with Crippen LogP contribution in [0.3, 0.4) is 0 Å². The number of likely N-dealkylation sites (N-methyl/N-ethyl adjacent to an activating group) is 1. The Balaban J connectivity index is 1.27. The van der Waals surface area contributed by atoms with Crippen LogP contribution in [0.5, 0.6) is 0 Å². The molecule has 6 aliphatic rings. The van der Waals surface area contributed by atoms with E-state index in [0.717, 1.165) is 70.0 Å². The third-order valence-corrected chi connectivity index (χ3v) is 18.0. The maximum Gasteiger partial charge on any atom is 0.309 e. The molecule has 9 heteroatoms. The predicted octanol–water partition coefficient (Wildman–Crippen LogP) is 8.32. The first-order valence-corrected chi connectivity index (χ1v) is 22.3. The van der Waals surface area contributed by atoms with E-state index in [1.165, 1.54) is 24.8 Å². The van der Waals surface area contributed by atoms with Crippen molar-refractivity contribution in [2.24, 2.45) is 62.1 Å². The Kier molecular flexibility index (Phi) is 11.7. The normalized spacial score (nSPS) is 37.3. The van der Waals surface area contributed by atoms with Gasteiger partial charge < -0.3 is 19.8 Å². The summed E-state index contributed by atoms with van der Waals surface area (Å²) in [5.41, 5.74) is 0.393. The van der Waals surface area contributed by atoms with Gasteiger partial charge in [0, 0.05) is 57.4 Å². The molecule has 0 bridgehead atoms. The van der Waals surface area contributed by atoms with E-state index in [9.17, 15) is 29.4 Å². The molecule has 0 aromatic heterocycles. The lowest BCUT2D eigenvalue weighted by Gasteiger charge is -2.72. The fourth-order valence-electron chi connectivity index (χ4n) is 14.1. The number of nitrogens with zero attached hydrogens (tertiary/aromatic N) is 2. The summed E-state index contributed by atoms with van der Waals surface area (Å²) in [6.45, 7) is 24.1. The number of amides is 1. The van der Waals surface area contributed by atoms with E-state index < -0.39 is 28.9 Å². The number of carbonyl (C=O) groups excluding carboxylic acids is 3. The van der Waals surface area contributed by atoms with Crippen LogP contribution in [0.4, 0.5) is 0 Å². The van der Waals surface area contributed by atoms with Crippen LogP contribution in [0.15, 0.2) is 11.1 Å². The highest BCUT2D eigenvalue weighted by Crippen LogP contribution is 2.77. The van der Waals surface area contributed by atoms with Gasteiger partial charge in [0.05, 0.1) is 17.9 Å². The number of aliphatic carboxylic acids is 1. The van der Waals surface area contributed by atoms with Crippen molar-refractivity contribution in [1.82, 2.24) is 9.80 Å². The minimum atomic E-state index is -1.17. The zero-order valence-corrected chi connectivity index (χ0v) is 36.9. The van der Waals surface area contributed by atoms with Crippen molar-refractivity contribution in [3.8, 4) is 0 Å². The number of aliphatic hydroxyl groups excluding tert-OH is 1. The first-order chi connectivity index (χ1) is 25.9. The molecule has 0 spiro atoms. The summed E-state index contributed by atoms with van der Waals surface area (Å²) in [5, 5.41) is 22.3. The largest absolute Gasteiger partial charge is 0.481 e. The molecule has 9 atom stereocenters. The van der Waals surface area contributed by atoms with Gasteiger partial charge in [0.25, 0.3) is 0 Å². The number of hydrogen-bond donors (Lipinski definition) is 2. The molecule has 316 valence electrons. The van der Waals surface area contributed by atoms with Crippen LogP contribution in [0.1, 0.15) is 153 Å². The Morgan fingerprint density at radius 1 is 0.893 bits per heavy atom. The molecule has 0 heterocycles. The topological polar surface area (TPSA) is 124 Å². The van der Waals surface area contributed by atoms with Gasteiger partial charge in [0.1, 0.15) is 6.10 Å². The summed E-state index contributed by atoms with van der Waals surface area (Å²) in [6.07, 6.45) is 10.8. The molecule has 2 N–H and O–H groups in total. The van der Waals surface area contributed by atoms with E-state index in [0.29, 0.717) is 37.3 Å². The number of fused-ring (bicyclic) bond motifs is 7. The van der Waals surface area contributed by atoms with E-state index in [2.05, 4.69) is 53.4 Å². The summed E-state index contributed by atoms with van der Waals surface area (Å²) in [5.74, 6) is 0.687.